The number of hydrogen-bond donors (Lipinski definition) is 2. The van der Waals surface area contributed by atoms with Gasteiger partial charge >= 0.3 is 6.09 Å². The molecule has 27 heavy (non-hydrogen) atoms. The van der Waals surface area contributed by atoms with E-state index in [1.165, 1.54) is 11.8 Å². The van der Waals surface area contributed by atoms with Crippen molar-refractivity contribution < 1.29 is 23.1 Å². The Kier molecular flexibility index (Phi) is 6.92. The van der Waals surface area contributed by atoms with Crippen molar-refractivity contribution in [3.05, 3.63) is 23.8 Å². The Balaban J connectivity index is 2.11. The van der Waals surface area contributed by atoms with Gasteiger partial charge in [0.2, 0.25) is 5.91 Å². The monoisotopic (exact) mass is 385 g/mol. The average molecular weight is 385 g/mol. The highest BCUT2D eigenvalue weighted by Crippen LogP contribution is 2.30. The number of anilines is 2. The fourth-order valence-corrected chi connectivity index (χ4v) is 2.69. The maximum absolute atomic E-state index is 14.6. The fourth-order valence-electron chi connectivity index (χ4n) is 2.69. The second kappa shape index (κ2) is 8.96. The molecule has 150 valence electrons. The number of hydrazine groups is 1. The second-order valence-electron chi connectivity index (χ2n) is 6.38. The first-order valence-electron chi connectivity index (χ1n) is 8.54. The van der Waals surface area contributed by atoms with E-state index in [1.807, 2.05) is 7.05 Å². The molecule has 2 N–H and O–H groups in total. The lowest BCUT2D eigenvalue weighted by Gasteiger charge is -2.24. The molecule has 1 aromatic carbocycles. The Morgan fingerprint density at radius 3 is 2.48 bits per heavy atom. The van der Waals surface area contributed by atoms with Crippen molar-refractivity contribution >= 4 is 23.4 Å². The van der Waals surface area contributed by atoms with Gasteiger partial charge in [-0.25, -0.2) is 18.6 Å². The van der Waals surface area contributed by atoms with Gasteiger partial charge in [-0.1, -0.05) is 0 Å². The van der Waals surface area contributed by atoms with Crippen molar-refractivity contribution in [1.82, 2.24) is 15.8 Å². The van der Waals surface area contributed by atoms with E-state index >= 15 is 0 Å². The third kappa shape index (κ3) is 5.27. The summed E-state index contributed by atoms with van der Waals surface area (Å²) in [6.07, 6.45) is -1.28. The summed E-state index contributed by atoms with van der Waals surface area (Å²) in [5, 5.41) is 4.34. The molecule has 0 saturated carbocycles. The standard InChI is InChI=1S/C17H25F2N5O3/c1-11(25)21-9-13-10-24(17(26)27-13)12-7-14(18)16(15(19)8-12)22(3)5-6-23(4)20-2/h7-8,13,20H,5-6,9-10H2,1-4H3,(H,21,25)/t13-/m0/s1. The van der Waals surface area contributed by atoms with Gasteiger partial charge in [-0.05, 0) is 7.05 Å². The summed E-state index contributed by atoms with van der Waals surface area (Å²) in [7, 11) is 5.17. The smallest absolute Gasteiger partial charge is 0.414 e. The Labute approximate surface area is 157 Å². The van der Waals surface area contributed by atoms with Gasteiger partial charge in [-0.3, -0.25) is 15.1 Å². The zero-order chi connectivity index (χ0) is 20.1. The number of carbonyl (C=O) groups excluding carboxylic acids is 2. The number of ether oxygens (including phenoxy) is 1. The number of rotatable bonds is 8. The maximum atomic E-state index is 14.6. The van der Waals surface area contributed by atoms with Gasteiger partial charge in [-0.2, -0.15) is 0 Å². The summed E-state index contributed by atoms with van der Waals surface area (Å²) in [6.45, 7) is 2.54. The van der Waals surface area contributed by atoms with Gasteiger partial charge in [0.1, 0.15) is 11.8 Å². The predicted molar refractivity (Wildman–Crippen MR) is 97.6 cm³/mol. The highest BCUT2D eigenvalue weighted by atomic mass is 19.1. The van der Waals surface area contributed by atoms with Crippen LogP contribution in [0.5, 0.6) is 0 Å². The molecule has 1 aliphatic heterocycles. The van der Waals surface area contributed by atoms with Gasteiger partial charge in [-0.15, -0.1) is 0 Å². The van der Waals surface area contributed by atoms with E-state index in [4.69, 9.17) is 4.74 Å². The Bertz CT molecular complexity index is 680. The van der Waals surface area contributed by atoms with Crippen molar-refractivity contribution in [3.8, 4) is 0 Å². The van der Waals surface area contributed by atoms with Crippen LogP contribution in [0.25, 0.3) is 0 Å². The lowest BCUT2D eigenvalue weighted by atomic mass is 10.2. The Hall–Kier alpha value is -2.46. The normalized spacial score (nSPS) is 16.6. The summed E-state index contributed by atoms with van der Waals surface area (Å²) >= 11 is 0. The number of amides is 2. The molecule has 0 aromatic heterocycles. The van der Waals surface area contributed by atoms with Crippen LogP contribution in [-0.4, -0.2) is 70.4 Å². The minimum absolute atomic E-state index is 0.0739. The van der Waals surface area contributed by atoms with Crippen LogP contribution in [0.4, 0.5) is 25.0 Å². The number of hydrogen-bond acceptors (Lipinski definition) is 6. The number of likely N-dealkylation sites (N-methyl/N-ethyl adjacent to an activating group) is 2. The van der Waals surface area contributed by atoms with Crippen LogP contribution in [0.2, 0.25) is 0 Å². The topological polar surface area (TPSA) is 77.2 Å². The molecule has 1 heterocycles. The van der Waals surface area contributed by atoms with Crippen LogP contribution < -0.4 is 20.5 Å². The van der Waals surface area contributed by atoms with Crippen molar-refractivity contribution in [3.63, 3.8) is 0 Å². The molecular formula is C17H25F2N5O3. The quantitative estimate of drug-likeness (QED) is 0.649. The molecule has 0 unspecified atom stereocenters. The van der Waals surface area contributed by atoms with Crippen molar-refractivity contribution in [2.75, 3.05) is 57.1 Å². The van der Waals surface area contributed by atoms with E-state index < -0.39 is 23.8 Å². The molecule has 1 saturated heterocycles. The van der Waals surface area contributed by atoms with Crippen LogP contribution in [0.15, 0.2) is 12.1 Å². The summed E-state index contributed by atoms with van der Waals surface area (Å²) in [4.78, 5) is 25.6. The largest absolute Gasteiger partial charge is 0.442 e. The molecule has 1 atom stereocenters. The molecule has 0 aliphatic carbocycles. The van der Waals surface area contributed by atoms with Gasteiger partial charge in [0, 0.05) is 46.2 Å². The molecule has 10 heteroatoms. The van der Waals surface area contributed by atoms with E-state index in [0.717, 1.165) is 17.0 Å². The van der Waals surface area contributed by atoms with Crippen molar-refractivity contribution in [2.45, 2.75) is 13.0 Å². The second-order valence-corrected chi connectivity index (χ2v) is 6.38. The molecule has 2 amide bonds. The molecular weight excluding hydrogens is 360 g/mol. The first kappa shape index (κ1) is 20.8. The van der Waals surface area contributed by atoms with Crippen molar-refractivity contribution in [2.24, 2.45) is 0 Å². The molecule has 0 bridgehead atoms. The molecule has 8 nitrogen and oxygen atoms in total. The van der Waals surface area contributed by atoms with E-state index in [2.05, 4.69) is 10.7 Å². The van der Waals surface area contributed by atoms with E-state index in [-0.39, 0.29) is 30.4 Å². The fraction of sp³-hybridized carbons (Fsp3) is 0.529. The third-order valence-electron chi connectivity index (χ3n) is 4.30. The number of cyclic esters (lactones) is 1. The maximum Gasteiger partial charge on any atom is 0.414 e. The summed E-state index contributed by atoms with van der Waals surface area (Å²) in [5.74, 6) is -1.78. The first-order valence-corrected chi connectivity index (χ1v) is 8.54. The molecule has 1 fully saturated rings. The lowest BCUT2D eigenvalue weighted by Crippen LogP contribution is -2.38. The number of carbonyl (C=O) groups is 2. The molecule has 1 aromatic rings. The van der Waals surface area contributed by atoms with Gasteiger partial charge < -0.3 is 15.0 Å². The van der Waals surface area contributed by atoms with Gasteiger partial charge in [0.25, 0.3) is 0 Å². The SMILES string of the molecule is CNN(C)CCN(C)c1c(F)cc(N2C[C@H](CNC(C)=O)OC2=O)cc1F. The van der Waals surface area contributed by atoms with Crippen molar-refractivity contribution in [1.29, 1.82) is 0 Å². The number of benzene rings is 1. The predicted octanol–water partition coefficient (Wildman–Crippen LogP) is 0.928. The summed E-state index contributed by atoms with van der Waals surface area (Å²) in [6, 6.07) is 2.22. The van der Waals surface area contributed by atoms with E-state index in [9.17, 15) is 18.4 Å². The zero-order valence-electron chi connectivity index (χ0n) is 15.9. The van der Waals surface area contributed by atoms with Gasteiger partial charge in [0.05, 0.1) is 18.8 Å². The average Bonchev–Trinajstić information content (AvgIpc) is 2.98. The van der Waals surface area contributed by atoms with Crippen LogP contribution in [-0.2, 0) is 9.53 Å². The number of halogens is 2. The molecule has 0 spiro atoms. The van der Waals surface area contributed by atoms with E-state index in [0.29, 0.717) is 13.1 Å². The minimum Gasteiger partial charge on any atom is -0.442 e. The highest BCUT2D eigenvalue weighted by Gasteiger charge is 2.33. The molecule has 0 radical (unpaired) electrons. The summed E-state index contributed by atoms with van der Waals surface area (Å²) < 4.78 is 34.2. The Morgan fingerprint density at radius 1 is 1.30 bits per heavy atom. The Morgan fingerprint density at radius 2 is 1.93 bits per heavy atom. The highest BCUT2D eigenvalue weighted by molar-refractivity contribution is 5.90. The number of nitrogens with zero attached hydrogens (tertiary/aromatic N) is 3. The van der Waals surface area contributed by atoms with Crippen LogP contribution >= 0.6 is 0 Å². The summed E-state index contributed by atoms with van der Waals surface area (Å²) in [5.41, 5.74) is 2.82. The number of nitrogens with one attached hydrogen (secondary N) is 2. The third-order valence-corrected chi connectivity index (χ3v) is 4.30. The van der Waals surface area contributed by atoms with Gasteiger partial charge in [0.15, 0.2) is 11.6 Å². The van der Waals surface area contributed by atoms with Crippen LogP contribution in [0.1, 0.15) is 6.92 Å². The van der Waals surface area contributed by atoms with E-state index in [1.54, 1.807) is 19.1 Å². The minimum atomic E-state index is -0.766. The first-order chi connectivity index (χ1) is 12.7. The van der Waals surface area contributed by atoms with Crippen LogP contribution in [0, 0.1) is 11.6 Å². The lowest BCUT2D eigenvalue weighted by molar-refractivity contribution is -0.119. The van der Waals surface area contributed by atoms with Crippen LogP contribution in [0.3, 0.4) is 0 Å². The molecule has 2 rings (SSSR count). The molecule has 1 aliphatic rings. The zero-order valence-corrected chi connectivity index (χ0v) is 15.9.